The monoisotopic (exact) mass is 440 g/mol. The summed E-state index contributed by atoms with van der Waals surface area (Å²) in [6.07, 6.45) is 2.13. The van der Waals surface area contributed by atoms with Crippen molar-refractivity contribution in [2.75, 3.05) is 24.5 Å². The van der Waals surface area contributed by atoms with Gasteiger partial charge in [-0.25, -0.2) is 4.39 Å². The van der Waals surface area contributed by atoms with Crippen LogP contribution < -0.4 is 10.2 Å². The minimum Gasteiger partial charge on any atom is -0.356 e. The van der Waals surface area contributed by atoms with Crippen molar-refractivity contribution in [2.45, 2.75) is 26.7 Å². The summed E-state index contributed by atoms with van der Waals surface area (Å²) in [7, 11) is 0. The van der Waals surface area contributed by atoms with Gasteiger partial charge in [-0.1, -0.05) is 41.1 Å². The molecule has 0 aliphatic carbocycles. The number of benzene rings is 1. The van der Waals surface area contributed by atoms with Gasteiger partial charge in [-0.3, -0.25) is 4.79 Å². The molecule has 140 valence electrons. The molecule has 1 aromatic heterocycles. The van der Waals surface area contributed by atoms with Crippen molar-refractivity contribution in [1.29, 1.82) is 0 Å². The molecule has 1 atom stereocenters. The van der Waals surface area contributed by atoms with Gasteiger partial charge in [0.05, 0.1) is 0 Å². The highest BCUT2D eigenvalue weighted by Gasteiger charge is 2.24. The largest absolute Gasteiger partial charge is 0.356 e. The second-order valence-corrected chi connectivity index (χ2v) is 8.74. The molecule has 0 saturated carbocycles. The fourth-order valence-electron chi connectivity index (χ4n) is 2.97. The SMILES string of the molecule is CC(C)C(=O)NCC1CCCN(c2nnc(-c3cc(Br)ccc3F)s2)C1. The number of hydrogen-bond acceptors (Lipinski definition) is 5. The highest BCUT2D eigenvalue weighted by atomic mass is 79.9. The van der Waals surface area contributed by atoms with Gasteiger partial charge in [-0.2, -0.15) is 0 Å². The van der Waals surface area contributed by atoms with E-state index < -0.39 is 0 Å². The zero-order chi connectivity index (χ0) is 18.7. The van der Waals surface area contributed by atoms with Crippen LogP contribution in [0.1, 0.15) is 26.7 Å². The van der Waals surface area contributed by atoms with Crippen LogP contribution in [-0.2, 0) is 4.79 Å². The Morgan fingerprint density at radius 3 is 3.04 bits per heavy atom. The normalized spacial score (nSPS) is 17.6. The van der Waals surface area contributed by atoms with Crippen molar-refractivity contribution >= 4 is 38.3 Å². The molecule has 2 aromatic rings. The number of rotatable bonds is 5. The smallest absolute Gasteiger partial charge is 0.222 e. The van der Waals surface area contributed by atoms with Gasteiger partial charge in [0, 0.05) is 35.6 Å². The second-order valence-electron chi connectivity index (χ2n) is 6.87. The van der Waals surface area contributed by atoms with Crippen molar-refractivity contribution in [3.63, 3.8) is 0 Å². The predicted octanol–water partition coefficient (Wildman–Crippen LogP) is 4.10. The fourth-order valence-corrected chi connectivity index (χ4v) is 4.23. The van der Waals surface area contributed by atoms with Gasteiger partial charge >= 0.3 is 0 Å². The summed E-state index contributed by atoms with van der Waals surface area (Å²) in [6, 6.07) is 4.82. The maximum absolute atomic E-state index is 14.1. The van der Waals surface area contributed by atoms with Crippen molar-refractivity contribution < 1.29 is 9.18 Å². The Bertz CT molecular complexity index is 782. The average molecular weight is 441 g/mol. The zero-order valence-corrected chi connectivity index (χ0v) is 17.2. The second kappa shape index (κ2) is 8.43. The number of nitrogens with one attached hydrogen (secondary N) is 1. The topological polar surface area (TPSA) is 58.1 Å². The van der Waals surface area contributed by atoms with E-state index in [1.165, 1.54) is 17.4 Å². The van der Waals surface area contributed by atoms with Gasteiger partial charge in [0.1, 0.15) is 5.82 Å². The van der Waals surface area contributed by atoms with Crippen LogP contribution in [0.25, 0.3) is 10.6 Å². The predicted molar refractivity (Wildman–Crippen MR) is 106 cm³/mol. The van der Waals surface area contributed by atoms with E-state index in [9.17, 15) is 9.18 Å². The third-order valence-corrected chi connectivity index (χ3v) is 5.96. The number of hydrogen-bond donors (Lipinski definition) is 1. The summed E-state index contributed by atoms with van der Waals surface area (Å²) < 4.78 is 14.9. The van der Waals surface area contributed by atoms with E-state index in [1.807, 2.05) is 13.8 Å². The third-order valence-electron chi connectivity index (χ3n) is 4.45. The molecule has 1 amide bonds. The van der Waals surface area contributed by atoms with Crippen LogP contribution in [0.3, 0.4) is 0 Å². The summed E-state index contributed by atoms with van der Waals surface area (Å²) in [5.41, 5.74) is 0.459. The molecule has 26 heavy (non-hydrogen) atoms. The molecule has 1 aromatic carbocycles. The molecule has 3 rings (SSSR count). The molecule has 1 saturated heterocycles. The van der Waals surface area contributed by atoms with Crippen LogP contribution in [-0.4, -0.2) is 35.7 Å². The zero-order valence-electron chi connectivity index (χ0n) is 14.8. The summed E-state index contributed by atoms with van der Waals surface area (Å²) in [5, 5.41) is 12.9. The fraction of sp³-hybridized carbons (Fsp3) is 0.500. The van der Waals surface area contributed by atoms with Crippen LogP contribution in [0.4, 0.5) is 9.52 Å². The molecule has 1 unspecified atom stereocenters. The van der Waals surface area contributed by atoms with Gasteiger partial charge in [-0.15, -0.1) is 10.2 Å². The molecule has 0 spiro atoms. The summed E-state index contributed by atoms with van der Waals surface area (Å²) in [4.78, 5) is 14.0. The first kappa shape index (κ1) is 19.2. The van der Waals surface area contributed by atoms with E-state index in [2.05, 4.69) is 36.3 Å². The Balaban J connectivity index is 1.67. The van der Waals surface area contributed by atoms with Gasteiger partial charge in [0.25, 0.3) is 0 Å². The first-order valence-corrected chi connectivity index (χ1v) is 10.4. The molecular formula is C18H22BrFN4OS. The van der Waals surface area contributed by atoms with E-state index in [4.69, 9.17) is 0 Å². The van der Waals surface area contributed by atoms with Crippen LogP contribution in [0.5, 0.6) is 0 Å². The van der Waals surface area contributed by atoms with E-state index in [-0.39, 0.29) is 17.6 Å². The molecule has 1 aliphatic rings. The van der Waals surface area contributed by atoms with E-state index >= 15 is 0 Å². The summed E-state index contributed by atoms with van der Waals surface area (Å²) >= 11 is 4.77. The van der Waals surface area contributed by atoms with Crippen LogP contribution >= 0.6 is 27.3 Å². The molecule has 8 heteroatoms. The van der Waals surface area contributed by atoms with Crippen LogP contribution in [0.2, 0.25) is 0 Å². The summed E-state index contributed by atoms with van der Waals surface area (Å²) in [5.74, 6) is 0.177. The first-order chi connectivity index (χ1) is 12.4. The minimum absolute atomic E-state index is 0.000470. The molecule has 1 fully saturated rings. The molecule has 1 N–H and O–H groups in total. The van der Waals surface area contributed by atoms with E-state index in [0.29, 0.717) is 23.0 Å². The van der Waals surface area contributed by atoms with Crippen molar-refractivity contribution in [3.05, 3.63) is 28.5 Å². The number of halogens is 2. The Morgan fingerprint density at radius 2 is 2.27 bits per heavy atom. The maximum atomic E-state index is 14.1. The lowest BCUT2D eigenvalue weighted by molar-refractivity contribution is -0.124. The number of carbonyl (C=O) groups excluding carboxylic acids is 1. The highest BCUT2D eigenvalue weighted by molar-refractivity contribution is 9.10. The van der Waals surface area contributed by atoms with E-state index in [1.54, 1.807) is 12.1 Å². The molecule has 1 aliphatic heterocycles. The number of anilines is 1. The number of carbonyl (C=O) groups is 1. The number of aromatic nitrogens is 2. The molecule has 2 heterocycles. The third kappa shape index (κ3) is 4.59. The van der Waals surface area contributed by atoms with Gasteiger partial charge < -0.3 is 10.2 Å². The van der Waals surface area contributed by atoms with Gasteiger partial charge in [0.2, 0.25) is 11.0 Å². The number of amides is 1. The molecule has 0 radical (unpaired) electrons. The lowest BCUT2D eigenvalue weighted by atomic mass is 9.98. The highest BCUT2D eigenvalue weighted by Crippen LogP contribution is 2.33. The maximum Gasteiger partial charge on any atom is 0.222 e. The Labute approximate surface area is 165 Å². The van der Waals surface area contributed by atoms with Crippen molar-refractivity contribution in [2.24, 2.45) is 11.8 Å². The summed E-state index contributed by atoms with van der Waals surface area (Å²) in [6.45, 7) is 6.20. The Hall–Kier alpha value is -1.54. The average Bonchev–Trinajstić information content (AvgIpc) is 3.12. The Kier molecular flexibility index (Phi) is 6.24. The number of piperidine rings is 1. The lowest BCUT2D eigenvalue weighted by Gasteiger charge is -2.32. The van der Waals surface area contributed by atoms with Crippen LogP contribution in [0.15, 0.2) is 22.7 Å². The quantitative estimate of drug-likeness (QED) is 0.760. The molecular weight excluding hydrogens is 419 g/mol. The minimum atomic E-state index is -0.302. The standard InChI is InChI=1S/C18H22BrFN4OS/c1-11(2)16(25)21-9-12-4-3-7-24(10-12)18-23-22-17(26-18)14-8-13(19)5-6-15(14)20/h5-6,8,11-12H,3-4,7,9-10H2,1-2H3,(H,21,25). The lowest BCUT2D eigenvalue weighted by Crippen LogP contribution is -2.41. The van der Waals surface area contributed by atoms with Crippen LogP contribution in [0, 0.1) is 17.7 Å². The van der Waals surface area contributed by atoms with Crippen molar-refractivity contribution in [3.8, 4) is 10.6 Å². The Morgan fingerprint density at radius 1 is 1.46 bits per heavy atom. The first-order valence-electron chi connectivity index (χ1n) is 8.75. The molecule has 0 bridgehead atoms. The number of nitrogens with zero attached hydrogens (tertiary/aromatic N) is 3. The molecule has 5 nitrogen and oxygen atoms in total. The van der Waals surface area contributed by atoms with Gasteiger partial charge in [-0.05, 0) is 37.0 Å². The van der Waals surface area contributed by atoms with E-state index in [0.717, 1.165) is 35.5 Å². The van der Waals surface area contributed by atoms with Gasteiger partial charge in [0.15, 0.2) is 5.01 Å². The van der Waals surface area contributed by atoms with Crippen molar-refractivity contribution in [1.82, 2.24) is 15.5 Å².